The summed E-state index contributed by atoms with van der Waals surface area (Å²) < 4.78 is 0. The molecule has 0 fully saturated rings. The van der Waals surface area contributed by atoms with Crippen LogP contribution < -0.4 is 10.6 Å². The second kappa shape index (κ2) is 9.69. The molecule has 148 valence electrons. The standard InChI is InChI=1S/C25H26N2O2/c1-3-18(2)21-16-10-11-17-22(21)26-24(28)25(29)27-23(19-12-6-4-7-13-19)20-14-8-5-9-15-20/h4-18,23H,3H2,1-2H3,(H,26,28)(H,27,29). The number of benzene rings is 3. The molecular weight excluding hydrogens is 360 g/mol. The number of hydrogen-bond donors (Lipinski definition) is 2. The summed E-state index contributed by atoms with van der Waals surface area (Å²) >= 11 is 0. The third-order valence-electron chi connectivity index (χ3n) is 5.10. The van der Waals surface area contributed by atoms with Crippen molar-refractivity contribution >= 4 is 17.5 Å². The summed E-state index contributed by atoms with van der Waals surface area (Å²) in [5, 5.41) is 5.66. The van der Waals surface area contributed by atoms with E-state index in [2.05, 4.69) is 24.5 Å². The zero-order valence-electron chi connectivity index (χ0n) is 16.8. The van der Waals surface area contributed by atoms with Gasteiger partial charge in [-0.2, -0.15) is 0 Å². The fourth-order valence-corrected chi connectivity index (χ4v) is 3.29. The van der Waals surface area contributed by atoms with Gasteiger partial charge in [-0.15, -0.1) is 0 Å². The van der Waals surface area contributed by atoms with E-state index >= 15 is 0 Å². The predicted octanol–water partition coefficient (Wildman–Crippen LogP) is 5.04. The number of hydrogen-bond acceptors (Lipinski definition) is 2. The normalized spacial score (nSPS) is 11.7. The summed E-state index contributed by atoms with van der Waals surface area (Å²) in [6.07, 6.45) is 0.948. The SMILES string of the molecule is CCC(C)c1ccccc1NC(=O)C(=O)NC(c1ccccc1)c1ccccc1. The second-order valence-electron chi connectivity index (χ2n) is 7.08. The van der Waals surface area contributed by atoms with Gasteiger partial charge in [-0.3, -0.25) is 9.59 Å². The van der Waals surface area contributed by atoms with Crippen LogP contribution in [0.5, 0.6) is 0 Å². The Morgan fingerprint density at radius 2 is 1.28 bits per heavy atom. The number of rotatable bonds is 6. The molecule has 0 aliphatic carbocycles. The van der Waals surface area contributed by atoms with Crippen LogP contribution in [-0.4, -0.2) is 11.8 Å². The molecule has 0 heterocycles. The van der Waals surface area contributed by atoms with Crippen molar-refractivity contribution in [1.29, 1.82) is 0 Å². The Balaban J connectivity index is 1.79. The molecular formula is C25H26N2O2. The van der Waals surface area contributed by atoms with Gasteiger partial charge in [0.2, 0.25) is 0 Å². The van der Waals surface area contributed by atoms with Crippen LogP contribution in [0.4, 0.5) is 5.69 Å². The molecule has 0 saturated carbocycles. The maximum atomic E-state index is 12.7. The van der Waals surface area contributed by atoms with Crippen LogP contribution in [-0.2, 0) is 9.59 Å². The average Bonchev–Trinajstić information content (AvgIpc) is 2.78. The van der Waals surface area contributed by atoms with Crippen LogP contribution in [0.2, 0.25) is 0 Å². The monoisotopic (exact) mass is 386 g/mol. The van der Waals surface area contributed by atoms with E-state index in [1.807, 2.05) is 84.9 Å². The molecule has 3 rings (SSSR count). The summed E-state index contributed by atoms with van der Waals surface area (Å²) in [5.74, 6) is -1.05. The van der Waals surface area contributed by atoms with E-state index in [1.165, 1.54) is 0 Å². The van der Waals surface area contributed by atoms with Gasteiger partial charge in [-0.25, -0.2) is 0 Å². The van der Waals surface area contributed by atoms with Gasteiger partial charge in [0, 0.05) is 5.69 Å². The first-order valence-electron chi connectivity index (χ1n) is 9.90. The van der Waals surface area contributed by atoms with E-state index in [1.54, 1.807) is 0 Å². The van der Waals surface area contributed by atoms with Crippen molar-refractivity contribution in [3.63, 3.8) is 0 Å². The number of para-hydroxylation sites is 1. The molecule has 0 aliphatic heterocycles. The van der Waals surface area contributed by atoms with E-state index in [0.717, 1.165) is 23.1 Å². The minimum Gasteiger partial charge on any atom is -0.337 e. The van der Waals surface area contributed by atoms with Gasteiger partial charge in [-0.05, 0) is 35.1 Å². The third-order valence-corrected chi connectivity index (χ3v) is 5.10. The molecule has 0 aliphatic rings. The van der Waals surface area contributed by atoms with Crippen molar-refractivity contribution in [2.45, 2.75) is 32.2 Å². The maximum Gasteiger partial charge on any atom is 0.313 e. The highest BCUT2D eigenvalue weighted by atomic mass is 16.2. The lowest BCUT2D eigenvalue weighted by Gasteiger charge is -2.20. The number of anilines is 1. The van der Waals surface area contributed by atoms with Crippen LogP contribution in [0, 0.1) is 0 Å². The molecule has 1 atom stereocenters. The lowest BCUT2D eigenvalue weighted by atomic mass is 9.97. The number of amides is 2. The van der Waals surface area contributed by atoms with E-state index in [-0.39, 0.29) is 5.92 Å². The van der Waals surface area contributed by atoms with Crippen LogP contribution in [0.25, 0.3) is 0 Å². The average molecular weight is 386 g/mol. The van der Waals surface area contributed by atoms with Crippen LogP contribution >= 0.6 is 0 Å². The van der Waals surface area contributed by atoms with Crippen molar-refractivity contribution in [3.8, 4) is 0 Å². The van der Waals surface area contributed by atoms with Gasteiger partial charge < -0.3 is 10.6 Å². The Bertz CT molecular complexity index is 915. The summed E-state index contributed by atoms with van der Waals surface area (Å²) in [6, 6.07) is 26.5. The first kappa shape index (κ1) is 20.3. The molecule has 4 nitrogen and oxygen atoms in total. The fraction of sp³-hybridized carbons (Fsp3) is 0.200. The third kappa shape index (κ3) is 5.11. The van der Waals surface area contributed by atoms with E-state index < -0.39 is 17.9 Å². The first-order chi connectivity index (χ1) is 14.1. The lowest BCUT2D eigenvalue weighted by Crippen LogP contribution is -2.38. The minimum atomic E-state index is -0.669. The fourth-order valence-electron chi connectivity index (χ4n) is 3.29. The summed E-state index contributed by atoms with van der Waals surface area (Å²) in [6.45, 7) is 4.20. The number of carbonyl (C=O) groups is 2. The Morgan fingerprint density at radius 1 is 0.759 bits per heavy atom. The predicted molar refractivity (Wildman–Crippen MR) is 117 cm³/mol. The largest absolute Gasteiger partial charge is 0.337 e. The Labute approximate surface area is 172 Å². The van der Waals surface area contributed by atoms with E-state index in [0.29, 0.717) is 5.69 Å². The number of carbonyl (C=O) groups excluding carboxylic acids is 2. The van der Waals surface area contributed by atoms with Crippen molar-refractivity contribution in [3.05, 3.63) is 102 Å². The molecule has 0 spiro atoms. The summed E-state index contributed by atoms with van der Waals surface area (Å²) in [5.41, 5.74) is 3.54. The second-order valence-corrected chi connectivity index (χ2v) is 7.08. The van der Waals surface area contributed by atoms with Crippen molar-refractivity contribution in [1.82, 2.24) is 5.32 Å². The minimum absolute atomic E-state index is 0.288. The van der Waals surface area contributed by atoms with Gasteiger partial charge >= 0.3 is 11.8 Å². The molecule has 3 aromatic carbocycles. The number of nitrogens with one attached hydrogen (secondary N) is 2. The summed E-state index contributed by atoms with van der Waals surface area (Å²) in [7, 11) is 0. The quantitative estimate of drug-likeness (QED) is 0.583. The molecule has 0 radical (unpaired) electrons. The zero-order chi connectivity index (χ0) is 20.6. The van der Waals surface area contributed by atoms with Crippen LogP contribution in [0.1, 0.15) is 48.9 Å². The lowest BCUT2D eigenvalue weighted by molar-refractivity contribution is -0.136. The maximum absolute atomic E-state index is 12.7. The van der Waals surface area contributed by atoms with E-state index in [4.69, 9.17) is 0 Å². The Kier molecular flexibility index (Phi) is 6.80. The highest BCUT2D eigenvalue weighted by Gasteiger charge is 2.22. The van der Waals surface area contributed by atoms with Gasteiger partial charge in [0.25, 0.3) is 0 Å². The Hall–Kier alpha value is -3.40. The molecule has 1 unspecified atom stereocenters. The Morgan fingerprint density at radius 3 is 1.83 bits per heavy atom. The smallest absolute Gasteiger partial charge is 0.313 e. The van der Waals surface area contributed by atoms with Gasteiger partial charge in [-0.1, -0.05) is 92.7 Å². The molecule has 3 aromatic rings. The van der Waals surface area contributed by atoms with Crippen LogP contribution in [0.3, 0.4) is 0 Å². The first-order valence-corrected chi connectivity index (χ1v) is 9.90. The molecule has 0 saturated heterocycles. The van der Waals surface area contributed by atoms with Crippen molar-refractivity contribution in [2.75, 3.05) is 5.32 Å². The van der Waals surface area contributed by atoms with Gasteiger partial charge in [0.05, 0.1) is 6.04 Å². The topological polar surface area (TPSA) is 58.2 Å². The van der Waals surface area contributed by atoms with Gasteiger partial charge in [0.15, 0.2) is 0 Å². The van der Waals surface area contributed by atoms with Crippen molar-refractivity contribution < 1.29 is 9.59 Å². The molecule has 29 heavy (non-hydrogen) atoms. The molecule has 0 aromatic heterocycles. The molecule has 4 heteroatoms. The summed E-state index contributed by atoms with van der Waals surface area (Å²) in [4.78, 5) is 25.4. The highest BCUT2D eigenvalue weighted by Crippen LogP contribution is 2.26. The van der Waals surface area contributed by atoms with Gasteiger partial charge in [0.1, 0.15) is 0 Å². The molecule has 2 N–H and O–H groups in total. The van der Waals surface area contributed by atoms with E-state index in [9.17, 15) is 9.59 Å². The molecule has 0 bridgehead atoms. The zero-order valence-corrected chi connectivity index (χ0v) is 16.8. The van der Waals surface area contributed by atoms with Crippen molar-refractivity contribution in [2.24, 2.45) is 0 Å². The molecule has 2 amide bonds. The van der Waals surface area contributed by atoms with Crippen LogP contribution in [0.15, 0.2) is 84.9 Å². The highest BCUT2D eigenvalue weighted by molar-refractivity contribution is 6.39.